The third-order valence-electron chi connectivity index (χ3n) is 3.99. The number of anilines is 1. The van der Waals surface area contributed by atoms with E-state index in [1.807, 2.05) is 0 Å². The number of carbonyl (C=O) groups is 1. The second-order valence-electron chi connectivity index (χ2n) is 5.96. The molecule has 2 rings (SSSR count). The lowest BCUT2D eigenvalue weighted by Crippen LogP contribution is -2.32. The Balaban J connectivity index is 1.82. The molecule has 0 radical (unpaired) electrons. The number of hydrogen-bond donors (Lipinski definition) is 2. The second-order valence-corrected chi connectivity index (χ2v) is 6.81. The van der Waals surface area contributed by atoms with Crippen molar-refractivity contribution in [2.24, 2.45) is 11.1 Å². The topological polar surface area (TPSA) is 58.4 Å². The fourth-order valence-electron chi connectivity index (χ4n) is 2.55. The van der Waals surface area contributed by atoms with Gasteiger partial charge in [-0.15, -0.1) is 0 Å². The summed E-state index contributed by atoms with van der Waals surface area (Å²) in [6.07, 6.45) is 1.52. The van der Waals surface area contributed by atoms with Gasteiger partial charge in [-0.05, 0) is 43.1 Å². The highest BCUT2D eigenvalue weighted by atomic mass is 35.5. The Labute approximate surface area is 135 Å². The van der Waals surface area contributed by atoms with Crippen LogP contribution in [-0.4, -0.2) is 37.0 Å². The Morgan fingerprint density at radius 1 is 1.48 bits per heavy atom. The minimum atomic E-state index is -0.0551. The van der Waals surface area contributed by atoms with Crippen molar-refractivity contribution in [1.29, 1.82) is 0 Å². The van der Waals surface area contributed by atoms with Crippen molar-refractivity contribution in [3.05, 3.63) is 28.2 Å². The summed E-state index contributed by atoms with van der Waals surface area (Å²) in [4.78, 5) is 14.3. The Bertz CT molecular complexity index is 524. The van der Waals surface area contributed by atoms with Crippen LogP contribution in [0.4, 0.5) is 5.69 Å². The van der Waals surface area contributed by atoms with Crippen LogP contribution >= 0.6 is 23.2 Å². The first-order valence-corrected chi connectivity index (χ1v) is 7.85. The van der Waals surface area contributed by atoms with Crippen LogP contribution < -0.4 is 11.1 Å². The molecule has 1 fully saturated rings. The first-order chi connectivity index (χ1) is 9.92. The van der Waals surface area contributed by atoms with Crippen molar-refractivity contribution in [1.82, 2.24) is 4.90 Å². The van der Waals surface area contributed by atoms with Crippen LogP contribution in [-0.2, 0) is 4.79 Å². The first kappa shape index (κ1) is 16.6. The maximum Gasteiger partial charge on any atom is 0.225 e. The van der Waals surface area contributed by atoms with Gasteiger partial charge in [-0.2, -0.15) is 0 Å². The van der Waals surface area contributed by atoms with E-state index in [0.29, 0.717) is 28.7 Å². The van der Waals surface area contributed by atoms with Gasteiger partial charge in [-0.3, -0.25) is 4.79 Å². The molecule has 1 amide bonds. The number of nitrogens with two attached hydrogens (primary N) is 1. The molecule has 4 nitrogen and oxygen atoms in total. The molecule has 1 heterocycles. The van der Waals surface area contributed by atoms with Crippen molar-refractivity contribution in [3.63, 3.8) is 0 Å². The SMILES string of the molecule is CC1(CN)CCN(CCC(=O)Nc2cc(Cl)ccc2Cl)C1. The number of likely N-dealkylation sites (tertiary alicyclic amines) is 1. The molecule has 1 unspecified atom stereocenters. The second kappa shape index (κ2) is 6.97. The smallest absolute Gasteiger partial charge is 0.225 e. The molecule has 3 N–H and O–H groups in total. The monoisotopic (exact) mass is 329 g/mol. The zero-order chi connectivity index (χ0) is 15.5. The number of carbonyl (C=O) groups excluding carboxylic acids is 1. The predicted octanol–water partition coefficient (Wildman–Crippen LogP) is 2.99. The lowest BCUT2D eigenvalue weighted by atomic mass is 9.90. The molecule has 1 saturated heterocycles. The number of rotatable bonds is 5. The highest BCUT2D eigenvalue weighted by Gasteiger charge is 2.32. The molecule has 1 aliphatic heterocycles. The highest BCUT2D eigenvalue weighted by molar-refractivity contribution is 6.35. The van der Waals surface area contributed by atoms with Crippen LogP contribution in [0.2, 0.25) is 10.0 Å². The molecule has 6 heteroatoms. The average molecular weight is 330 g/mol. The van der Waals surface area contributed by atoms with Gasteiger partial charge in [0.25, 0.3) is 0 Å². The predicted molar refractivity (Wildman–Crippen MR) is 87.9 cm³/mol. The standard InChI is InChI=1S/C15H21Cl2N3O/c1-15(9-18)5-7-20(10-15)6-4-14(21)19-13-8-11(16)2-3-12(13)17/h2-3,8H,4-7,9-10,18H2,1H3,(H,19,21). The summed E-state index contributed by atoms with van der Waals surface area (Å²) in [6.45, 7) is 5.57. The number of nitrogens with one attached hydrogen (secondary N) is 1. The summed E-state index contributed by atoms with van der Waals surface area (Å²) in [5.41, 5.74) is 6.53. The summed E-state index contributed by atoms with van der Waals surface area (Å²) >= 11 is 11.9. The number of halogens is 2. The van der Waals surface area contributed by atoms with Crippen molar-refractivity contribution in [2.45, 2.75) is 19.8 Å². The van der Waals surface area contributed by atoms with Crippen molar-refractivity contribution >= 4 is 34.8 Å². The molecule has 0 bridgehead atoms. The zero-order valence-corrected chi connectivity index (χ0v) is 13.7. The Kier molecular flexibility index (Phi) is 5.49. The molecular formula is C15H21Cl2N3O. The van der Waals surface area contributed by atoms with Gasteiger partial charge in [-0.1, -0.05) is 30.1 Å². The molecule has 0 spiro atoms. The van der Waals surface area contributed by atoms with E-state index in [0.717, 1.165) is 26.1 Å². The van der Waals surface area contributed by atoms with E-state index < -0.39 is 0 Å². The van der Waals surface area contributed by atoms with Crippen LogP contribution in [0.15, 0.2) is 18.2 Å². The Morgan fingerprint density at radius 3 is 2.90 bits per heavy atom. The molecule has 1 aliphatic rings. The largest absolute Gasteiger partial charge is 0.330 e. The molecule has 1 aromatic carbocycles. The van der Waals surface area contributed by atoms with E-state index in [2.05, 4.69) is 17.1 Å². The molecular weight excluding hydrogens is 309 g/mol. The van der Waals surface area contributed by atoms with Gasteiger partial charge in [-0.25, -0.2) is 0 Å². The third-order valence-corrected chi connectivity index (χ3v) is 4.55. The molecule has 0 aliphatic carbocycles. The minimum absolute atomic E-state index is 0.0551. The van der Waals surface area contributed by atoms with E-state index in [9.17, 15) is 4.79 Å². The maximum atomic E-state index is 12.0. The summed E-state index contributed by atoms with van der Waals surface area (Å²) in [7, 11) is 0. The lowest BCUT2D eigenvalue weighted by molar-refractivity contribution is -0.116. The maximum absolute atomic E-state index is 12.0. The van der Waals surface area contributed by atoms with E-state index >= 15 is 0 Å². The summed E-state index contributed by atoms with van der Waals surface area (Å²) in [5.74, 6) is -0.0551. The van der Waals surface area contributed by atoms with Crippen LogP contribution in [0.1, 0.15) is 19.8 Å². The zero-order valence-electron chi connectivity index (χ0n) is 12.2. The van der Waals surface area contributed by atoms with Crippen molar-refractivity contribution in [2.75, 3.05) is 31.5 Å². The van der Waals surface area contributed by atoms with Crippen LogP contribution in [0.5, 0.6) is 0 Å². The Morgan fingerprint density at radius 2 is 2.24 bits per heavy atom. The number of amides is 1. The van der Waals surface area contributed by atoms with Gasteiger partial charge in [0.1, 0.15) is 0 Å². The number of benzene rings is 1. The minimum Gasteiger partial charge on any atom is -0.330 e. The van der Waals surface area contributed by atoms with E-state index in [4.69, 9.17) is 28.9 Å². The first-order valence-electron chi connectivity index (χ1n) is 7.09. The average Bonchev–Trinajstić information content (AvgIpc) is 2.83. The highest BCUT2D eigenvalue weighted by Crippen LogP contribution is 2.28. The van der Waals surface area contributed by atoms with Crippen LogP contribution in [0.25, 0.3) is 0 Å². The van der Waals surface area contributed by atoms with Gasteiger partial charge in [0.05, 0.1) is 10.7 Å². The molecule has 1 aromatic rings. The Hall–Kier alpha value is -0.810. The summed E-state index contributed by atoms with van der Waals surface area (Å²) in [6, 6.07) is 5.02. The fraction of sp³-hybridized carbons (Fsp3) is 0.533. The third kappa shape index (κ3) is 4.58. The van der Waals surface area contributed by atoms with Crippen molar-refractivity contribution in [3.8, 4) is 0 Å². The summed E-state index contributed by atoms with van der Waals surface area (Å²) in [5, 5.41) is 3.84. The van der Waals surface area contributed by atoms with Crippen molar-refractivity contribution < 1.29 is 4.79 Å². The van der Waals surface area contributed by atoms with Gasteiger partial charge < -0.3 is 16.0 Å². The van der Waals surface area contributed by atoms with Crippen LogP contribution in [0.3, 0.4) is 0 Å². The van der Waals surface area contributed by atoms with Gasteiger partial charge in [0.15, 0.2) is 0 Å². The van der Waals surface area contributed by atoms with Gasteiger partial charge in [0.2, 0.25) is 5.91 Å². The summed E-state index contributed by atoms with van der Waals surface area (Å²) < 4.78 is 0. The van der Waals surface area contributed by atoms with Gasteiger partial charge in [0, 0.05) is 24.5 Å². The molecule has 0 aromatic heterocycles. The number of nitrogens with zero attached hydrogens (tertiary/aromatic N) is 1. The lowest BCUT2D eigenvalue weighted by Gasteiger charge is -2.22. The van der Waals surface area contributed by atoms with E-state index in [1.165, 1.54) is 0 Å². The molecule has 0 saturated carbocycles. The van der Waals surface area contributed by atoms with Crippen LogP contribution in [0, 0.1) is 5.41 Å². The molecule has 116 valence electrons. The quantitative estimate of drug-likeness (QED) is 0.873. The molecule has 21 heavy (non-hydrogen) atoms. The number of hydrogen-bond acceptors (Lipinski definition) is 3. The fourth-order valence-corrected chi connectivity index (χ4v) is 2.89. The van der Waals surface area contributed by atoms with Gasteiger partial charge >= 0.3 is 0 Å². The van der Waals surface area contributed by atoms with E-state index in [-0.39, 0.29) is 11.3 Å². The normalized spacial score (nSPS) is 22.5. The molecule has 1 atom stereocenters. The van der Waals surface area contributed by atoms with E-state index in [1.54, 1.807) is 18.2 Å².